The minimum atomic E-state index is 0.246. The number of nitrogens with two attached hydrogens (primary N) is 1. The second-order valence-corrected chi connectivity index (χ2v) is 4.29. The Morgan fingerprint density at radius 2 is 2.08 bits per heavy atom. The molecule has 0 amide bonds. The molecule has 13 heavy (non-hydrogen) atoms. The zero-order valence-corrected chi connectivity index (χ0v) is 8.66. The fraction of sp³-hybridized carbons (Fsp3) is 1.00. The van der Waals surface area contributed by atoms with E-state index in [0.717, 1.165) is 5.92 Å². The zero-order chi connectivity index (χ0) is 9.84. The van der Waals surface area contributed by atoms with Crippen LogP contribution in [0.4, 0.5) is 0 Å². The smallest absolute Gasteiger partial charge is 0.0471 e. The molecule has 0 aliphatic heterocycles. The van der Waals surface area contributed by atoms with E-state index in [1.54, 1.807) is 0 Å². The van der Waals surface area contributed by atoms with Crippen LogP contribution in [0.1, 0.15) is 26.7 Å². The number of hydrogen-bond acceptors (Lipinski definition) is 3. The van der Waals surface area contributed by atoms with E-state index in [9.17, 15) is 0 Å². The van der Waals surface area contributed by atoms with Crippen molar-refractivity contribution in [3.63, 3.8) is 0 Å². The van der Waals surface area contributed by atoms with Gasteiger partial charge in [-0.25, -0.2) is 0 Å². The van der Waals surface area contributed by atoms with Crippen molar-refractivity contribution >= 4 is 0 Å². The third-order valence-electron chi connectivity index (χ3n) is 3.06. The van der Waals surface area contributed by atoms with Crippen molar-refractivity contribution in [2.45, 2.75) is 38.8 Å². The summed E-state index contributed by atoms with van der Waals surface area (Å²) >= 11 is 0. The topological polar surface area (TPSA) is 58.3 Å². The van der Waals surface area contributed by atoms with Gasteiger partial charge >= 0.3 is 0 Å². The van der Waals surface area contributed by atoms with Crippen molar-refractivity contribution in [1.82, 2.24) is 5.32 Å². The van der Waals surface area contributed by atoms with Gasteiger partial charge in [0.25, 0.3) is 0 Å². The van der Waals surface area contributed by atoms with Crippen LogP contribution in [-0.2, 0) is 0 Å². The molecule has 0 bridgehead atoms. The summed E-state index contributed by atoms with van der Waals surface area (Å²) in [6.45, 7) is 5.13. The molecule has 0 saturated heterocycles. The Morgan fingerprint density at radius 3 is 2.46 bits per heavy atom. The fourth-order valence-electron chi connectivity index (χ4n) is 1.56. The Labute approximate surface area is 80.7 Å². The van der Waals surface area contributed by atoms with Crippen LogP contribution < -0.4 is 11.1 Å². The molecule has 78 valence electrons. The third-order valence-corrected chi connectivity index (χ3v) is 3.06. The average molecular weight is 186 g/mol. The molecule has 0 spiro atoms. The van der Waals surface area contributed by atoms with Crippen LogP contribution in [0.15, 0.2) is 0 Å². The van der Waals surface area contributed by atoms with E-state index in [4.69, 9.17) is 10.8 Å². The quantitative estimate of drug-likeness (QED) is 0.560. The number of hydrogen-bond donors (Lipinski definition) is 3. The molecule has 1 aliphatic carbocycles. The van der Waals surface area contributed by atoms with E-state index in [0.29, 0.717) is 24.5 Å². The lowest BCUT2D eigenvalue weighted by molar-refractivity contribution is 0.198. The second-order valence-electron chi connectivity index (χ2n) is 4.29. The zero-order valence-electron chi connectivity index (χ0n) is 8.66. The van der Waals surface area contributed by atoms with E-state index >= 15 is 0 Å². The molecule has 0 aromatic rings. The summed E-state index contributed by atoms with van der Waals surface area (Å²) in [7, 11) is 0. The summed E-state index contributed by atoms with van der Waals surface area (Å²) in [6, 6.07) is 0.822. The summed E-state index contributed by atoms with van der Waals surface area (Å²) in [5.74, 6) is 1.10. The number of nitrogens with one attached hydrogen (secondary N) is 1. The van der Waals surface area contributed by atoms with E-state index in [1.165, 1.54) is 12.8 Å². The Kier molecular flexibility index (Phi) is 4.16. The molecule has 0 radical (unpaired) electrons. The highest BCUT2D eigenvalue weighted by molar-refractivity contribution is 4.89. The van der Waals surface area contributed by atoms with Gasteiger partial charge in [0.1, 0.15) is 0 Å². The van der Waals surface area contributed by atoms with Gasteiger partial charge in [-0.1, -0.05) is 6.92 Å². The Balaban J connectivity index is 2.27. The van der Waals surface area contributed by atoms with Crippen LogP contribution in [-0.4, -0.2) is 30.3 Å². The molecule has 3 nitrogen and oxygen atoms in total. The van der Waals surface area contributed by atoms with E-state index in [-0.39, 0.29) is 6.61 Å². The standard InChI is InChI=1S/C10H22N2O/c1-7(6-13)8(2)12-10(5-11)9-3-4-9/h7-10,12-13H,3-6,11H2,1-2H3. The van der Waals surface area contributed by atoms with Crippen LogP contribution in [0.2, 0.25) is 0 Å². The molecule has 1 aliphatic rings. The van der Waals surface area contributed by atoms with Gasteiger partial charge in [-0.3, -0.25) is 0 Å². The van der Waals surface area contributed by atoms with Crippen LogP contribution in [0.25, 0.3) is 0 Å². The van der Waals surface area contributed by atoms with Crippen molar-refractivity contribution in [1.29, 1.82) is 0 Å². The third kappa shape index (κ3) is 3.25. The largest absolute Gasteiger partial charge is 0.396 e. The summed E-state index contributed by atoms with van der Waals surface area (Å²) in [5, 5.41) is 12.5. The van der Waals surface area contributed by atoms with E-state index in [2.05, 4.69) is 19.2 Å². The van der Waals surface area contributed by atoms with Gasteiger partial charge in [0.15, 0.2) is 0 Å². The van der Waals surface area contributed by atoms with Gasteiger partial charge in [-0.2, -0.15) is 0 Å². The van der Waals surface area contributed by atoms with Gasteiger partial charge in [0, 0.05) is 25.2 Å². The normalized spacial score (nSPS) is 24.0. The molecule has 3 atom stereocenters. The number of aliphatic hydroxyl groups excluding tert-OH is 1. The van der Waals surface area contributed by atoms with E-state index in [1.807, 2.05) is 0 Å². The SMILES string of the molecule is CC(CO)C(C)NC(CN)C1CC1. The van der Waals surface area contributed by atoms with Crippen molar-refractivity contribution in [2.24, 2.45) is 17.6 Å². The Hall–Kier alpha value is -0.120. The highest BCUT2D eigenvalue weighted by atomic mass is 16.3. The van der Waals surface area contributed by atoms with Crippen molar-refractivity contribution in [3.8, 4) is 0 Å². The van der Waals surface area contributed by atoms with E-state index < -0.39 is 0 Å². The molecule has 3 unspecified atom stereocenters. The first-order chi connectivity index (χ1) is 6.19. The maximum atomic E-state index is 8.97. The monoisotopic (exact) mass is 186 g/mol. The summed E-state index contributed by atoms with van der Waals surface area (Å²) < 4.78 is 0. The predicted octanol–water partition coefficient (Wildman–Crippen LogP) is 0.330. The summed E-state index contributed by atoms with van der Waals surface area (Å²) in [5.41, 5.74) is 5.68. The van der Waals surface area contributed by atoms with Crippen LogP contribution >= 0.6 is 0 Å². The Morgan fingerprint density at radius 1 is 1.46 bits per heavy atom. The van der Waals surface area contributed by atoms with Gasteiger partial charge in [0.05, 0.1) is 0 Å². The fourth-order valence-corrected chi connectivity index (χ4v) is 1.56. The molecule has 1 saturated carbocycles. The lowest BCUT2D eigenvalue weighted by atomic mass is 10.0. The molecule has 4 N–H and O–H groups in total. The first-order valence-electron chi connectivity index (χ1n) is 5.26. The van der Waals surface area contributed by atoms with Gasteiger partial charge < -0.3 is 16.2 Å². The van der Waals surface area contributed by atoms with Crippen molar-refractivity contribution in [3.05, 3.63) is 0 Å². The van der Waals surface area contributed by atoms with Gasteiger partial charge in [-0.05, 0) is 31.6 Å². The molecule has 0 aromatic carbocycles. The maximum Gasteiger partial charge on any atom is 0.0471 e. The Bertz CT molecular complexity index is 148. The number of rotatable bonds is 6. The molecule has 1 rings (SSSR count). The first-order valence-corrected chi connectivity index (χ1v) is 5.26. The second kappa shape index (κ2) is 4.94. The van der Waals surface area contributed by atoms with Crippen molar-refractivity contribution < 1.29 is 5.11 Å². The highest BCUT2D eigenvalue weighted by Crippen LogP contribution is 2.32. The molecular formula is C10H22N2O. The maximum absolute atomic E-state index is 8.97. The highest BCUT2D eigenvalue weighted by Gasteiger charge is 2.31. The van der Waals surface area contributed by atoms with Crippen molar-refractivity contribution in [2.75, 3.05) is 13.2 Å². The van der Waals surface area contributed by atoms with Crippen LogP contribution in [0, 0.1) is 11.8 Å². The van der Waals surface area contributed by atoms with Crippen LogP contribution in [0.5, 0.6) is 0 Å². The molecular weight excluding hydrogens is 164 g/mol. The van der Waals surface area contributed by atoms with Crippen LogP contribution in [0.3, 0.4) is 0 Å². The predicted molar refractivity (Wildman–Crippen MR) is 54.4 cm³/mol. The first kappa shape index (κ1) is 11.0. The number of aliphatic hydroxyl groups is 1. The summed E-state index contributed by atoms with van der Waals surface area (Å²) in [4.78, 5) is 0. The molecule has 3 heteroatoms. The van der Waals surface area contributed by atoms with Gasteiger partial charge in [0.2, 0.25) is 0 Å². The molecule has 0 aromatic heterocycles. The lowest BCUT2D eigenvalue weighted by Gasteiger charge is -2.25. The minimum absolute atomic E-state index is 0.246. The molecule has 0 heterocycles. The average Bonchev–Trinajstić information content (AvgIpc) is 2.95. The van der Waals surface area contributed by atoms with Gasteiger partial charge in [-0.15, -0.1) is 0 Å². The minimum Gasteiger partial charge on any atom is -0.396 e. The summed E-state index contributed by atoms with van der Waals surface area (Å²) in [6.07, 6.45) is 2.63. The lowest BCUT2D eigenvalue weighted by Crippen LogP contribution is -2.46. The molecule has 1 fully saturated rings.